The predicted molar refractivity (Wildman–Crippen MR) is 37.2 cm³/mol. The smallest absolute Gasteiger partial charge is 0.129 e. The summed E-state index contributed by atoms with van der Waals surface area (Å²) in [7, 11) is 0. The molecule has 1 rings (SSSR count). The molecule has 0 spiro atoms. The predicted octanol–water partition coefficient (Wildman–Crippen LogP) is 1.99. The fraction of sp³-hybridized carbons (Fsp3) is 0.429. The Balaban J connectivity index is 2.94. The Hall–Kier alpha value is -0.920. The van der Waals surface area contributed by atoms with Gasteiger partial charge in [-0.15, -0.1) is 0 Å². The topological polar surface area (TPSA) is 39.2 Å². The maximum atomic E-state index is 5.55. The number of rotatable bonds is 1. The Morgan fingerprint density at radius 2 is 2.22 bits per heavy atom. The molecule has 0 unspecified atom stereocenters. The molecule has 0 aromatic carbocycles. The lowest BCUT2D eigenvalue weighted by Crippen LogP contribution is -1.90. The monoisotopic (exact) mass is 125 g/mol. The second-order valence-electron chi connectivity index (χ2n) is 2.39. The van der Waals surface area contributed by atoms with Crippen molar-refractivity contribution in [2.24, 2.45) is 0 Å². The molecule has 2 nitrogen and oxygen atoms in total. The van der Waals surface area contributed by atoms with Gasteiger partial charge >= 0.3 is 0 Å². The fourth-order valence-electron chi connectivity index (χ4n) is 0.800. The van der Waals surface area contributed by atoms with Crippen LogP contribution >= 0.6 is 0 Å². The minimum Gasteiger partial charge on any atom is -0.467 e. The van der Waals surface area contributed by atoms with Crippen molar-refractivity contribution < 1.29 is 4.42 Å². The molecule has 0 amide bonds. The van der Waals surface area contributed by atoms with E-state index < -0.39 is 0 Å². The third kappa shape index (κ3) is 1.07. The number of nitrogen functional groups attached to an aromatic ring is 1. The van der Waals surface area contributed by atoms with Gasteiger partial charge in [0, 0.05) is 5.92 Å². The minimum atomic E-state index is 0.389. The van der Waals surface area contributed by atoms with E-state index in [0.717, 1.165) is 11.4 Å². The highest BCUT2D eigenvalue weighted by Crippen LogP contribution is 2.21. The molecule has 1 aromatic heterocycles. The molecule has 0 aliphatic heterocycles. The third-order valence-corrected chi connectivity index (χ3v) is 1.25. The van der Waals surface area contributed by atoms with Crippen molar-refractivity contribution in [3.05, 3.63) is 18.1 Å². The molecule has 50 valence electrons. The van der Waals surface area contributed by atoms with E-state index in [1.54, 1.807) is 12.3 Å². The largest absolute Gasteiger partial charge is 0.467 e. The molecular weight excluding hydrogens is 114 g/mol. The van der Waals surface area contributed by atoms with Crippen LogP contribution in [0.4, 0.5) is 5.69 Å². The maximum Gasteiger partial charge on any atom is 0.129 e. The van der Waals surface area contributed by atoms with Crippen LogP contribution in [0.1, 0.15) is 25.5 Å². The Kier molecular flexibility index (Phi) is 1.47. The van der Waals surface area contributed by atoms with E-state index >= 15 is 0 Å². The number of hydrogen-bond donors (Lipinski definition) is 1. The molecule has 0 aliphatic rings. The number of hydrogen-bond acceptors (Lipinski definition) is 2. The van der Waals surface area contributed by atoms with E-state index in [4.69, 9.17) is 10.2 Å². The van der Waals surface area contributed by atoms with E-state index in [0.29, 0.717) is 5.92 Å². The summed E-state index contributed by atoms with van der Waals surface area (Å²) in [5, 5.41) is 0. The lowest BCUT2D eigenvalue weighted by molar-refractivity contribution is 0.489. The highest BCUT2D eigenvalue weighted by atomic mass is 16.3. The quantitative estimate of drug-likeness (QED) is 0.623. The van der Waals surface area contributed by atoms with Gasteiger partial charge in [0.25, 0.3) is 0 Å². The molecular formula is C7H11NO. The van der Waals surface area contributed by atoms with Crippen molar-refractivity contribution >= 4 is 5.69 Å². The second-order valence-corrected chi connectivity index (χ2v) is 2.39. The highest BCUT2D eigenvalue weighted by Gasteiger charge is 2.05. The van der Waals surface area contributed by atoms with Gasteiger partial charge in [-0.2, -0.15) is 0 Å². The van der Waals surface area contributed by atoms with Gasteiger partial charge in [-0.1, -0.05) is 13.8 Å². The Labute approximate surface area is 54.7 Å². The SMILES string of the molecule is CC(C)c1occc1N. The van der Waals surface area contributed by atoms with Crippen LogP contribution < -0.4 is 5.73 Å². The van der Waals surface area contributed by atoms with Crippen molar-refractivity contribution in [2.45, 2.75) is 19.8 Å². The maximum absolute atomic E-state index is 5.55. The first kappa shape index (κ1) is 6.20. The van der Waals surface area contributed by atoms with Crippen molar-refractivity contribution in [3.63, 3.8) is 0 Å². The first-order chi connectivity index (χ1) is 4.22. The molecule has 9 heavy (non-hydrogen) atoms. The lowest BCUT2D eigenvalue weighted by atomic mass is 10.1. The van der Waals surface area contributed by atoms with Crippen molar-refractivity contribution in [2.75, 3.05) is 5.73 Å². The summed E-state index contributed by atoms with van der Waals surface area (Å²) in [6.45, 7) is 4.10. The number of anilines is 1. The van der Waals surface area contributed by atoms with Crippen molar-refractivity contribution in [3.8, 4) is 0 Å². The first-order valence-electron chi connectivity index (χ1n) is 3.04. The van der Waals surface area contributed by atoms with Crippen LogP contribution in [0.25, 0.3) is 0 Å². The van der Waals surface area contributed by atoms with Crippen LogP contribution in [-0.2, 0) is 0 Å². The lowest BCUT2D eigenvalue weighted by Gasteiger charge is -1.98. The van der Waals surface area contributed by atoms with Gasteiger partial charge in [0.1, 0.15) is 5.76 Å². The summed E-state index contributed by atoms with van der Waals surface area (Å²) < 4.78 is 5.10. The van der Waals surface area contributed by atoms with E-state index in [1.165, 1.54) is 0 Å². The van der Waals surface area contributed by atoms with Crippen molar-refractivity contribution in [1.29, 1.82) is 0 Å². The zero-order valence-electron chi connectivity index (χ0n) is 5.72. The van der Waals surface area contributed by atoms with Gasteiger partial charge in [-0.05, 0) is 6.07 Å². The van der Waals surface area contributed by atoms with E-state index in [-0.39, 0.29) is 0 Å². The Morgan fingerprint density at radius 1 is 1.56 bits per heavy atom. The molecule has 0 saturated heterocycles. The van der Waals surface area contributed by atoms with Gasteiger partial charge in [-0.25, -0.2) is 0 Å². The normalized spacial score (nSPS) is 10.6. The molecule has 2 heteroatoms. The molecule has 1 aromatic rings. The number of nitrogens with two attached hydrogens (primary N) is 1. The van der Waals surface area contributed by atoms with E-state index in [2.05, 4.69) is 13.8 Å². The van der Waals surface area contributed by atoms with Crippen LogP contribution in [0.15, 0.2) is 16.7 Å². The Morgan fingerprint density at radius 3 is 2.44 bits per heavy atom. The zero-order valence-corrected chi connectivity index (χ0v) is 5.72. The minimum absolute atomic E-state index is 0.389. The standard InChI is InChI=1S/C7H11NO/c1-5(2)7-6(8)3-4-9-7/h3-5H,8H2,1-2H3. The van der Waals surface area contributed by atoms with Gasteiger partial charge in [0.05, 0.1) is 12.0 Å². The van der Waals surface area contributed by atoms with Gasteiger partial charge in [0.2, 0.25) is 0 Å². The highest BCUT2D eigenvalue weighted by molar-refractivity contribution is 5.41. The summed E-state index contributed by atoms with van der Waals surface area (Å²) in [6.07, 6.45) is 1.62. The average molecular weight is 125 g/mol. The molecule has 0 saturated carbocycles. The summed E-state index contributed by atoms with van der Waals surface area (Å²) in [6, 6.07) is 1.77. The third-order valence-electron chi connectivity index (χ3n) is 1.25. The molecule has 0 aliphatic carbocycles. The summed E-state index contributed by atoms with van der Waals surface area (Å²) in [4.78, 5) is 0. The van der Waals surface area contributed by atoms with Crippen LogP contribution in [0.2, 0.25) is 0 Å². The zero-order chi connectivity index (χ0) is 6.85. The van der Waals surface area contributed by atoms with E-state index in [1.807, 2.05) is 0 Å². The molecule has 2 N–H and O–H groups in total. The molecule has 0 bridgehead atoms. The fourth-order valence-corrected chi connectivity index (χ4v) is 0.800. The Bertz CT molecular complexity index is 191. The second kappa shape index (κ2) is 2.13. The summed E-state index contributed by atoms with van der Waals surface area (Å²) in [5.41, 5.74) is 6.30. The van der Waals surface area contributed by atoms with Gasteiger partial charge < -0.3 is 10.2 Å². The molecule has 0 fully saturated rings. The average Bonchev–Trinajstić information content (AvgIpc) is 2.13. The van der Waals surface area contributed by atoms with Crippen LogP contribution in [0, 0.1) is 0 Å². The van der Waals surface area contributed by atoms with Crippen LogP contribution in [0.5, 0.6) is 0 Å². The molecule has 0 radical (unpaired) electrons. The van der Waals surface area contributed by atoms with E-state index in [9.17, 15) is 0 Å². The first-order valence-corrected chi connectivity index (χ1v) is 3.04. The molecule has 1 heterocycles. The van der Waals surface area contributed by atoms with Gasteiger partial charge in [-0.3, -0.25) is 0 Å². The van der Waals surface area contributed by atoms with Crippen LogP contribution in [-0.4, -0.2) is 0 Å². The van der Waals surface area contributed by atoms with Crippen LogP contribution in [0.3, 0.4) is 0 Å². The van der Waals surface area contributed by atoms with Gasteiger partial charge in [0.15, 0.2) is 0 Å². The number of furan rings is 1. The summed E-state index contributed by atoms with van der Waals surface area (Å²) in [5.74, 6) is 1.27. The summed E-state index contributed by atoms with van der Waals surface area (Å²) >= 11 is 0. The molecule has 0 atom stereocenters. The van der Waals surface area contributed by atoms with Crippen molar-refractivity contribution in [1.82, 2.24) is 0 Å².